The molecule has 2 aliphatic heterocycles. The lowest BCUT2D eigenvalue weighted by Crippen LogP contribution is -2.80. The summed E-state index contributed by atoms with van der Waals surface area (Å²) in [5.41, 5.74) is 2.64. The maximum atomic E-state index is 13.5. The summed E-state index contributed by atoms with van der Waals surface area (Å²) >= 11 is 0. The standard InChI is InChI=1S/C30H36N2O4/c1-5-21-17-22(32(4)25(34)12-9-19-8-6-7-18(2)15-19)28-29-13-14-31(3)24(30(21,29)35)16-20-10-11-23(33)27(36-28)26(20)29/h6-12,15,21-22,24,28,33,35H,5,13-14,16-17H2,1-4H3/t21-,22+,24+,28-,29-,30+/m0/s1. The highest BCUT2D eigenvalue weighted by atomic mass is 16.5. The number of amides is 1. The largest absolute Gasteiger partial charge is 0.504 e. The second kappa shape index (κ2) is 8.09. The topological polar surface area (TPSA) is 73.2 Å². The molecule has 1 spiro atoms. The van der Waals surface area contributed by atoms with Crippen LogP contribution in [0.15, 0.2) is 42.5 Å². The van der Waals surface area contributed by atoms with Gasteiger partial charge in [-0.1, -0.05) is 49.2 Å². The van der Waals surface area contributed by atoms with Crippen LogP contribution in [0.5, 0.6) is 11.5 Å². The number of aryl methyl sites for hydroxylation is 1. The summed E-state index contributed by atoms with van der Waals surface area (Å²) < 4.78 is 6.62. The van der Waals surface area contributed by atoms with Gasteiger partial charge in [0.15, 0.2) is 11.5 Å². The molecule has 2 N–H and O–H groups in total. The van der Waals surface area contributed by atoms with E-state index in [9.17, 15) is 15.0 Å². The molecule has 2 bridgehead atoms. The van der Waals surface area contributed by atoms with Gasteiger partial charge in [-0.05, 0) is 69.0 Å². The number of rotatable bonds is 4. The van der Waals surface area contributed by atoms with Gasteiger partial charge in [-0.15, -0.1) is 0 Å². The molecule has 1 saturated carbocycles. The quantitative estimate of drug-likeness (QED) is 0.643. The van der Waals surface area contributed by atoms with Crippen LogP contribution in [0.3, 0.4) is 0 Å². The SMILES string of the molecule is CC[C@H]1C[C@@H](N(C)C(=O)C=Cc2cccc(C)c2)[C@@H]2Oc3c(O)ccc4c3[C@@]23CCN(C)[C@H](C4)[C@]13O. The molecular weight excluding hydrogens is 452 g/mol. The number of likely N-dealkylation sites (N-methyl/N-ethyl adjacent to an activating group) is 2. The molecule has 1 saturated heterocycles. The van der Waals surface area contributed by atoms with E-state index < -0.39 is 17.1 Å². The minimum absolute atomic E-state index is 0.00699. The summed E-state index contributed by atoms with van der Waals surface area (Å²) in [4.78, 5) is 17.6. The number of ether oxygens (including phenoxy) is 1. The van der Waals surface area contributed by atoms with Crippen LogP contribution in [0, 0.1) is 12.8 Å². The molecule has 2 aromatic carbocycles. The molecular formula is C30H36N2O4. The van der Waals surface area contributed by atoms with Gasteiger partial charge in [0.05, 0.1) is 17.1 Å². The van der Waals surface area contributed by atoms with E-state index in [4.69, 9.17) is 4.74 Å². The van der Waals surface area contributed by atoms with Crippen molar-refractivity contribution in [2.45, 2.75) is 68.7 Å². The molecule has 0 unspecified atom stereocenters. The van der Waals surface area contributed by atoms with E-state index in [0.29, 0.717) is 12.2 Å². The number of hydrogen-bond donors (Lipinski definition) is 2. The van der Waals surface area contributed by atoms with Crippen LogP contribution in [-0.2, 0) is 16.6 Å². The molecule has 6 rings (SSSR count). The van der Waals surface area contributed by atoms with E-state index >= 15 is 0 Å². The highest BCUT2D eigenvalue weighted by molar-refractivity contribution is 5.92. The predicted octanol–water partition coefficient (Wildman–Crippen LogP) is 3.66. The summed E-state index contributed by atoms with van der Waals surface area (Å²) in [6.07, 6.45) is 6.04. The molecule has 6 heteroatoms. The van der Waals surface area contributed by atoms with Gasteiger partial charge in [0, 0.05) is 24.7 Å². The lowest BCUT2D eigenvalue weighted by atomic mass is 9.45. The van der Waals surface area contributed by atoms with E-state index in [-0.39, 0.29) is 29.7 Å². The van der Waals surface area contributed by atoms with Gasteiger partial charge < -0.3 is 24.7 Å². The van der Waals surface area contributed by atoms with Crippen molar-refractivity contribution >= 4 is 12.0 Å². The van der Waals surface area contributed by atoms with E-state index in [1.54, 1.807) is 17.0 Å². The normalized spacial score (nSPS) is 34.4. The highest BCUT2D eigenvalue weighted by Crippen LogP contribution is 2.67. The number of carbonyl (C=O) groups excluding carboxylic acids is 1. The van der Waals surface area contributed by atoms with Crippen LogP contribution in [0.25, 0.3) is 6.08 Å². The number of aromatic hydroxyl groups is 1. The summed E-state index contributed by atoms with van der Waals surface area (Å²) in [5, 5.41) is 23.6. The van der Waals surface area contributed by atoms with Crippen molar-refractivity contribution in [2.75, 3.05) is 20.6 Å². The van der Waals surface area contributed by atoms with Gasteiger partial charge in [0.2, 0.25) is 5.91 Å². The second-order valence-corrected chi connectivity index (χ2v) is 11.3. The zero-order chi connectivity index (χ0) is 25.4. The minimum atomic E-state index is -0.983. The second-order valence-electron chi connectivity index (χ2n) is 11.3. The molecule has 2 aromatic rings. The van der Waals surface area contributed by atoms with Crippen molar-refractivity contribution in [3.8, 4) is 11.5 Å². The summed E-state index contributed by atoms with van der Waals surface area (Å²) in [6, 6.07) is 11.6. The number of phenols is 1. The molecule has 0 aromatic heterocycles. The average Bonchev–Trinajstić information content (AvgIpc) is 3.21. The first-order valence-corrected chi connectivity index (χ1v) is 13.2. The lowest BCUT2D eigenvalue weighted by molar-refractivity contribution is -0.224. The molecule has 6 nitrogen and oxygen atoms in total. The Kier molecular flexibility index (Phi) is 5.29. The van der Waals surface area contributed by atoms with Crippen molar-refractivity contribution in [3.05, 3.63) is 64.7 Å². The zero-order valence-electron chi connectivity index (χ0n) is 21.6. The zero-order valence-corrected chi connectivity index (χ0v) is 21.6. The fourth-order valence-electron chi connectivity index (χ4n) is 8.02. The molecule has 0 radical (unpaired) electrons. The van der Waals surface area contributed by atoms with Crippen LogP contribution >= 0.6 is 0 Å². The monoisotopic (exact) mass is 488 g/mol. The first-order chi connectivity index (χ1) is 17.2. The van der Waals surface area contributed by atoms with Gasteiger partial charge in [-0.25, -0.2) is 0 Å². The number of benzene rings is 2. The number of aliphatic hydroxyl groups is 1. The van der Waals surface area contributed by atoms with Gasteiger partial charge >= 0.3 is 0 Å². The van der Waals surface area contributed by atoms with Crippen LogP contribution < -0.4 is 4.74 Å². The van der Waals surface area contributed by atoms with Gasteiger partial charge in [0.1, 0.15) is 6.10 Å². The number of nitrogens with zero attached hydrogens (tertiary/aromatic N) is 2. The number of likely N-dealkylation sites (tertiary alicyclic amines) is 1. The number of hydrogen-bond acceptors (Lipinski definition) is 5. The van der Waals surface area contributed by atoms with Crippen molar-refractivity contribution in [2.24, 2.45) is 5.92 Å². The summed E-state index contributed by atoms with van der Waals surface area (Å²) in [7, 11) is 3.96. The van der Waals surface area contributed by atoms with Crippen LogP contribution in [0.1, 0.15) is 48.4 Å². The number of phenolic OH excluding ortho intramolecular Hbond substituents is 1. The van der Waals surface area contributed by atoms with Crippen LogP contribution in [0.4, 0.5) is 0 Å². The molecule has 4 aliphatic rings. The molecule has 2 aliphatic carbocycles. The van der Waals surface area contributed by atoms with Crippen molar-refractivity contribution in [1.82, 2.24) is 9.80 Å². The Morgan fingerprint density at radius 2 is 2.11 bits per heavy atom. The predicted molar refractivity (Wildman–Crippen MR) is 139 cm³/mol. The number of piperidine rings is 1. The Bertz CT molecular complexity index is 1260. The van der Waals surface area contributed by atoms with Gasteiger partial charge in [0.25, 0.3) is 0 Å². The summed E-state index contributed by atoms with van der Waals surface area (Å²) in [6.45, 7) is 5.02. The van der Waals surface area contributed by atoms with Crippen LogP contribution in [0.2, 0.25) is 0 Å². The van der Waals surface area contributed by atoms with Crippen molar-refractivity contribution in [3.63, 3.8) is 0 Å². The van der Waals surface area contributed by atoms with Crippen molar-refractivity contribution in [1.29, 1.82) is 0 Å². The Balaban J connectivity index is 1.43. The Morgan fingerprint density at radius 1 is 1.31 bits per heavy atom. The maximum absolute atomic E-state index is 13.5. The minimum Gasteiger partial charge on any atom is -0.504 e. The highest BCUT2D eigenvalue weighted by Gasteiger charge is 2.75. The third-order valence-corrected chi connectivity index (χ3v) is 9.72. The van der Waals surface area contributed by atoms with Gasteiger partial charge in [-0.3, -0.25) is 4.79 Å². The van der Waals surface area contributed by atoms with E-state index in [2.05, 4.69) is 24.9 Å². The first kappa shape index (κ1) is 23.6. The molecule has 1 amide bonds. The summed E-state index contributed by atoms with van der Waals surface area (Å²) in [5.74, 6) is 0.559. The van der Waals surface area contributed by atoms with Crippen LogP contribution in [-0.4, -0.2) is 70.3 Å². The van der Waals surface area contributed by atoms with E-state index in [1.807, 2.05) is 44.3 Å². The fraction of sp³-hybridized carbons (Fsp3) is 0.500. The molecule has 2 heterocycles. The van der Waals surface area contributed by atoms with Gasteiger partial charge in [-0.2, -0.15) is 0 Å². The number of carbonyl (C=O) groups is 1. The Labute approximate surface area is 213 Å². The molecule has 2 fully saturated rings. The molecule has 6 atom stereocenters. The lowest BCUT2D eigenvalue weighted by Gasteiger charge is -2.66. The fourth-order valence-corrected chi connectivity index (χ4v) is 8.02. The molecule has 190 valence electrons. The average molecular weight is 489 g/mol. The Hall–Kier alpha value is -2.83. The third-order valence-electron chi connectivity index (χ3n) is 9.72. The molecule has 36 heavy (non-hydrogen) atoms. The first-order valence-electron chi connectivity index (χ1n) is 13.2. The van der Waals surface area contributed by atoms with E-state index in [0.717, 1.165) is 48.1 Å². The smallest absolute Gasteiger partial charge is 0.246 e. The maximum Gasteiger partial charge on any atom is 0.246 e. The van der Waals surface area contributed by atoms with E-state index in [1.165, 1.54) is 0 Å². The van der Waals surface area contributed by atoms with Crippen molar-refractivity contribution < 1.29 is 19.7 Å². The Morgan fingerprint density at radius 3 is 2.86 bits per heavy atom. The third kappa shape index (κ3) is 2.94.